The van der Waals surface area contributed by atoms with E-state index in [9.17, 15) is 13.7 Å². The largest absolute Gasteiger partial charge is 0.478 e. The van der Waals surface area contributed by atoms with Crippen LogP contribution >= 0.6 is 34.8 Å². The van der Waals surface area contributed by atoms with E-state index in [1.54, 1.807) is 25.0 Å². The van der Waals surface area contributed by atoms with Crippen molar-refractivity contribution in [2.45, 2.75) is 20.0 Å². The first-order valence-corrected chi connectivity index (χ1v) is 13.5. The van der Waals surface area contributed by atoms with E-state index < -0.39 is 23.5 Å². The number of aliphatic hydroxyl groups excluding tert-OH is 1. The molecule has 0 aliphatic carbocycles. The van der Waals surface area contributed by atoms with Crippen LogP contribution in [0.3, 0.4) is 0 Å². The van der Waals surface area contributed by atoms with Gasteiger partial charge in [-0.3, -0.25) is 4.52 Å². The van der Waals surface area contributed by atoms with Crippen molar-refractivity contribution in [1.82, 2.24) is 15.0 Å². The Kier molecular flexibility index (Phi) is 13.7. The van der Waals surface area contributed by atoms with E-state index in [4.69, 9.17) is 34.5 Å². The zero-order valence-corrected chi connectivity index (χ0v) is 20.1. The molecule has 0 aromatic carbocycles. The van der Waals surface area contributed by atoms with Gasteiger partial charge in [0.15, 0.2) is 0 Å². The van der Waals surface area contributed by atoms with Gasteiger partial charge in [0.05, 0.1) is 24.4 Å². The molecule has 0 fully saturated rings. The van der Waals surface area contributed by atoms with E-state index in [0.717, 1.165) is 16.1 Å². The van der Waals surface area contributed by atoms with Gasteiger partial charge in [0.2, 0.25) is 5.95 Å². The summed E-state index contributed by atoms with van der Waals surface area (Å²) in [4.78, 5) is 60.6. The van der Waals surface area contributed by atoms with Gasteiger partial charge in [0.25, 0.3) is 0 Å². The van der Waals surface area contributed by atoms with Gasteiger partial charge in [0.1, 0.15) is 0 Å². The standard InChI is InChI=1S/C6H9N3O.C6H10NO4PS.H4O7P2/c1-7-6-8-2-5(4-10)3-9-6;1-5-6(13-4-7-5)2-3-11-12(8,9)10;1-8(2,3)7-9(4,5)6/h2-3,10H,4H2,1H3,(H,7,8,9);4H,2-3H2,1H3,(H2,8,9,10);(H2,1,2,3)(H2,4,5,6). The second kappa shape index (κ2) is 14.2. The summed E-state index contributed by atoms with van der Waals surface area (Å²) in [5.74, 6) is 0.567. The number of phosphoric ester groups is 1. The highest BCUT2D eigenvalue weighted by Gasteiger charge is 2.27. The second-order valence-corrected chi connectivity index (χ2v) is 10.1. The van der Waals surface area contributed by atoms with Crippen LogP contribution in [-0.2, 0) is 35.6 Å². The summed E-state index contributed by atoms with van der Waals surface area (Å²) < 4.78 is 36.8. The second-order valence-electron chi connectivity index (χ2n) is 5.32. The molecule has 20 heteroatoms. The van der Waals surface area contributed by atoms with Gasteiger partial charge < -0.3 is 39.8 Å². The summed E-state index contributed by atoms with van der Waals surface area (Å²) in [5.41, 5.74) is 3.31. The first-order valence-electron chi connectivity index (χ1n) is 8.07. The van der Waals surface area contributed by atoms with E-state index >= 15 is 0 Å². The Hall–Kier alpha value is -1.16. The van der Waals surface area contributed by atoms with Crippen LogP contribution in [0.2, 0.25) is 0 Å². The number of anilines is 1. The van der Waals surface area contributed by atoms with Crippen molar-refractivity contribution in [2.24, 2.45) is 0 Å². The molecular weight excluding hydrogens is 517 g/mol. The van der Waals surface area contributed by atoms with Gasteiger partial charge in [-0.15, -0.1) is 11.3 Å². The molecule has 32 heavy (non-hydrogen) atoms. The Morgan fingerprint density at radius 3 is 1.81 bits per heavy atom. The number of thiazole rings is 1. The lowest BCUT2D eigenvalue weighted by Crippen LogP contribution is -1.96. The van der Waals surface area contributed by atoms with Crippen molar-refractivity contribution in [1.29, 1.82) is 0 Å². The van der Waals surface area contributed by atoms with E-state index in [0.29, 0.717) is 12.4 Å². The molecular formula is C12H23N4O12P3S. The van der Waals surface area contributed by atoms with Crippen molar-refractivity contribution in [3.05, 3.63) is 34.0 Å². The highest BCUT2D eigenvalue weighted by molar-refractivity contribution is 7.60. The molecule has 0 saturated heterocycles. The monoisotopic (exact) mass is 540 g/mol. The fraction of sp³-hybridized carbons (Fsp3) is 0.417. The average Bonchev–Trinajstić information content (AvgIpc) is 3.04. The number of phosphoric acid groups is 3. The molecule has 16 nitrogen and oxygen atoms in total. The zero-order chi connectivity index (χ0) is 25.0. The highest BCUT2D eigenvalue weighted by Crippen LogP contribution is 2.53. The van der Waals surface area contributed by atoms with Gasteiger partial charge in [-0.2, -0.15) is 4.31 Å². The molecule has 184 valence electrons. The van der Waals surface area contributed by atoms with Crippen LogP contribution in [0.25, 0.3) is 0 Å². The van der Waals surface area contributed by atoms with Gasteiger partial charge in [-0.25, -0.2) is 28.6 Å². The fourth-order valence-corrected chi connectivity index (χ4v) is 3.73. The molecule has 0 spiro atoms. The average molecular weight is 540 g/mol. The molecule has 0 bridgehead atoms. The van der Waals surface area contributed by atoms with Crippen LogP contribution in [-0.4, -0.2) is 63.1 Å². The molecule has 0 saturated carbocycles. The van der Waals surface area contributed by atoms with E-state index in [-0.39, 0.29) is 13.2 Å². The van der Waals surface area contributed by atoms with E-state index in [1.807, 2.05) is 6.92 Å². The van der Waals surface area contributed by atoms with Gasteiger partial charge in [-0.1, -0.05) is 0 Å². The SMILES string of the molecule is CNc1ncc(CO)cn1.Cc1ncsc1CCOP(=O)(O)O.O=P(O)(O)OP(=O)(O)O. The summed E-state index contributed by atoms with van der Waals surface area (Å²) in [6.07, 6.45) is 3.65. The predicted octanol–water partition coefficient (Wildman–Crippen LogP) is 0.302. The Bertz CT molecular complexity index is 898. The van der Waals surface area contributed by atoms with Gasteiger partial charge in [0, 0.05) is 36.3 Å². The van der Waals surface area contributed by atoms with Gasteiger partial charge >= 0.3 is 23.5 Å². The lowest BCUT2D eigenvalue weighted by Gasteiger charge is -2.03. The molecule has 2 aromatic rings. The third-order valence-electron chi connectivity index (χ3n) is 2.76. The molecule has 0 radical (unpaired) electrons. The summed E-state index contributed by atoms with van der Waals surface area (Å²) in [6, 6.07) is 0. The Labute approximate surface area is 186 Å². The number of nitrogens with one attached hydrogen (secondary N) is 1. The maximum absolute atomic E-state index is 10.3. The lowest BCUT2D eigenvalue weighted by atomic mass is 10.3. The van der Waals surface area contributed by atoms with Crippen molar-refractivity contribution in [3.8, 4) is 0 Å². The summed E-state index contributed by atoms with van der Waals surface area (Å²) in [7, 11) is -12.7. The van der Waals surface area contributed by atoms with Crippen LogP contribution in [0.1, 0.15) is 16.1 Å². The number of hydrogen-bond donors (Lipinski definition) is 8. The molecule has 2 aromatic heterocycles. The molecule has 2 rings (SSSR count). The van der Waals surface area contributed by atoms with E-state index in [1.165, 1.54) is 11.3 Å². The maximum Gasteiger partial charge on any atom is 0.478 e. The molecule has 0 unspecified atom stereocenters. The van der Waals surface area contributed by atoms with Crippen LogP contribution in [0, 0.1) is 6.92 Å². The Morgan fingerprint density at radius 1 is 0.969 bits per heavy atom. The van der Waals surface area contributed by atoms with Crippen molar-refractivity contribution in [3.63, 3.8) is 0 Å². The smallest absolute Gasteiger partial charge is 0.392 e. The minimum atomic E-state index is -5.05. The number of nitrogens with zero attached hydrogens (tertiary/aromatic N) is 3. The van der Waals surface area contributed by atoms with Gasteiger partial charge in [-0.05, 0) is 6.92 Å². The normalized spacial score (nSPS) is 11.7. The van der Waals surface area contributed by atoms with Crippen LogP contribution in [0.4, 0.5) is 5.95 Å². The molecule has 0 aliphatic heterocycles. The van der Waals surface area contributed by atoms with E-state index in [2.05, 4.69) is 29.1 Å². The van der Waals surface area contributed by atoms with Crippen LogP contribution in [0.5, 0.6) is 0 Å². The molecule has 8 N–H and O–H groups in total. The third-order valence-corrected chi connectivity index (χ3v) is 5.97. The summed E-state index contributed by atoms with van der Waals surface area (Å²) in [5, 5.41) is 11.4. The number of rotatable bonds is 8. The third kappa shape index (κ3) is 17.4. The first kappa shape index (κ1) is 30.8. The zero-order valence-electron chi connectivity index (χ0n) is 16.6. The minimum absolute atomic E-state index is 0.00993. The van der Waals surface area contributed by atoms with Crippen LogP contribution < -0.4 is 5.32 Å². The number of aliphatic hydroxyl groups is 1. The van der Waals surface area contributed by atoms with Crippen molar-refractivity contribution >= 4 is 40.8 Å². The molecule has 2 heterocycles. The topological polar surface area (TPSA) is 262 Å². The molecule has 0 amide bonds. The number of aryl methyl sites for hydroxylation is 1. The molecule has 0 aliphatic rings. The van der Waals surface area contributed by atoms with Crippen LogP contribution in [0.15, 0.2) is 17.9 Å². The summed E-state index contributed by atoms with van der Waals surface area (Å²) >= 11 is 1.46. The first-order chi connectivity index (χ1) is 14.6. The fourth-order valence-electron chi connectivity index (χ4n) is 1.53. The lowest BCUT2D eigenvalue weighted by molar-refractivity contribution is 0.199. The number of hydrogen-bond acceptors (Lipinski definition) is 11. The minimum Gasteiger partial charge on any atom is -0.392 e. The Morgan fingerprint density at radius 2 is 1.50 bits per heavy atom. The maximum atomic E-state index is 10.3. The summed E-state index contributed by atoms with van der Waals surface area (Å²) in [6.45, 7) is 1.86. The Balaban J connectivity index is 0.000000461. The highest BCUT2D eigenvalue weighted by atomic mass is 32.1. The molecule has 0 atom stereocenters. The number of aromatic nitrogens is 3. The predicted molar refractivity (Wildman–Crippen MR) is 111 cm³/mol. The van der Waals surface area contributed by atoms with Crippen molar-refractivity contribution < 1.29 is 57.0 Å². The van der Waals surface area contributed by atoms with Crippen molar-refractivity contribution in [2.75, 3.05) is 19.0 Å². The quantitative estimate of drug-likeness (QED) is 0.209.